The lowest BCUT2D eigenvalue weighted by molar-refractivity contribution is -0.131. The summed E-state index contributed by atoms with van der Waals surface area (Å²) in [6, 6.07) is -0.906. The summed E-state index contributed by atoms with van der Waals surface area (Å²) in [6.07, 6.45) is 4.66. The average molecular weight is 566 g/mol. The first kappa shape index (κ1) is 28.7. The maximum Gasteiger partial charge on any atom is 0.407 e. The summed E-state index contributed by atoms with van der Waals surface area (Å²) in [5.41, 5.74) is -1.64. The van der Waals surface area contributed by atoms with Crippen molar-refractivity contribution in [2.24, 2.45) is 33.5 Å². The third-order valence-electron chi connectivity index (χ3n) is 12.1. The number of likely N-dealkylation sites (tertiary alicyclic amines) is 1. The Kier molecular flexibility index (Phi) is 6.14. The van der Waals surface area contributed by atoms with Crippen LogP contribution in [0.25, 0.3) is 0 Å². The van der Waals surface area contributed by atoms with Crippen LogP contribution in [0, 0.1) is 33.5 Å². The number of rotatable bonds is 8. The standard InChI is InChI=1S/C29H47N3O6S/c1-8-11-26(13-14-26)39(37,38)31-22(34)28(15-18(28)9-2)30-21(33)19-16-27(17-32(19)23(35)36)25(6,7)29(27)12-10-20(29)24(3,4)5/h18-20H,8-17H2,1-7H3,(H,30,33)(H,31,34)(H,35,36)/t18-,19+,20?,27-,28-,29?/m1/s1. The molecular formula is C29H47N3O6S. The molecule has 0 radical (unpaired) electrons. The molecule has 4 aliphatic carbocycles. The van der Waals surface area contributed by atoms with Crippen LogP contribution in [0.3, 0.4) is 0 Å². The van der Waals surface area contributed by atoms with Crippen molar-refractivity contribution in [3.8, 4) is 0 Å². The van der Waals surface area contributed by atoms with Crippen molar-refractivity contribution in [3.05, 3.63) is 0 Å². The largest absolute Gasteiger partial charge is 0.465 e. The van der Waals surface area contributed by atoms with Crippen LogP contribution in [0.5, 0.6) is 0 Å². The van der Waals surface area contributed by atoms with E-state index in [1.54, 1.807) is 0 Å². The van der Waals surface area contributed by atoms with Crippen LogP contribution in [0.15, 0.2) is 0 Å². The average Bonchev–Trinajstić information content (AvgIpc) is 3.71. The summed E-state index contributed by atoms with van der Waals surface area (Å²) in [4.78, 5) is 41.0. The summed E-state index contributed by atoms with van der Waals surface area (Å²) >= 11 is 0. The van der Waals surface area contributed by atoms with Gasteiger partial charge in [0.2, 0.25) is 15.9 Å². The lowest BCUT2D eigenvalue weighted by Gasteiger charge is -2.50. The van der Waals surface area contributed by atoms with E-state index in [4.69, 9.17) is 0 Å². The number of fused-ring (bicyclic) bond motifs is 1. The molecule has 0 aromatic carbocycles. The van der Waals surface area contributed by atoms with Crippen LogP contribution < -0.4 is 10.0 Å². The number of sulfonamides is 1. The second-order valence-corrected chi connectivity index (χ2v) is 17.0. The van der Waals surface area contributed by atoms with Crippen molar-refractivity contribution in [1.82, 2.24) is 14.9 Å². The summed E-state index contributed by atoms with van der Waals surface area (Å²) < 4.78 is 27.7. The Morgan fingerprint density at radius 2 is 1.69 bits per heavy atom. The fourth-order valence-corrected chi connectivity index (χ4v) is 11.3. The van der Waals surface area contributed by atoms with Crippen LogP contribution in [-0.2, 0) is 19.6 Å². The van der Waals surface area contributed by atoms with Gasteiger partial charge in [0.25, 0.3) is 5.91 Å². The quantitative estimate of drug-likeness (QED) is 0.403. The maximum atomic E-state index is 13.8. The second kappa shape index (κ2) is 8.35. The van der Waals surface area contributed by atoms with E-state index in [1.165, 1.54) is 4.90 Å². The van der Waals surface area contributed by atoms with Gasteiger partial charge in [-0.15, -0.1) is 0 Å². The summed E-state index contributed by atoms with van der Waals surface area (Å²) in [5.74, 6) is -0.913. The van der Waals surface area contributed by atoms with E-state index in [0.717, 1.165) is 12.8 Å². The van der Waals surface area contributed by atoms with Crippen molar-refractivity contribution < 1.29 is 27.9 Å². The summed E-state index contributed by atoms with van der Waals surface area (Å²) in [6.45, 7) is 15.3. The van der Waals surface area contributed by atoms with E-state index in [-0.39, 0.29) is 27.6 Å². The molecular weight excluding hydrogens is 518 g/mol. The molecule has 39 heavy (non-hydrogen) atoms. The Balaban J connectivity index is 1.37. The Morgan fingerprint density at radius 1 is 1.05 bits per heavy atom. The Labute approximate surface area is 233 Å². The normalized spacial score (nSPS) is 39.3. The van der Waals surface area contributed by atoms with E-state index >= 15 is 0 Å². The zero-order valence-corrected chi connectivity index (χ0v) is 25.5. The minimum Gasteiger partial charge on any atom is -0.465 e. The lowest BCUT2D eigenvalue weighted by Crippen LogP contribution is -2.57. The molecule has 6 atom stereocenters. The van der Waals surface area contributed by atoms with Crippen molar-refractivity contribution in [3.63, 3.8) is 0 Å². The Hall–Kier alpha value is -1.84. The number of nitrogens with zero attached hydrogens (tertiary/aromatic N) is 1. The number of nitrogens with one attached hydrogen (secondary N) is 2. The third-order valence-corrected chi connectivity index (χ3v) is 14.3. The van der Waals surface area contributed by atoms with Crippen LogP contribution in [0.1, 0.15) is 106 Å². The molecule has 0 aromatic heterocycles. The second-order valence-electron chi connectivity index (χ2n) is 14.9. The highest BCUT2D eigenvalue weighted by molar-refractivity contribution is 7.91. The predicted molar refractivity (Wildman–Crippen MR) is 147 cm³/mol. The molecule has 10 heteroatoms. The molecule has 5 rings (SSSR count). The van der Waals surface area contributed by atoms with Gasteiger partial charge >= 0.3 is 6.09 Å². The molecule has 4 saturated carbocycles. The number of hydrogen-bond acceptors (Lipinski definition) is 5. The molecule has 2 unspecified atom stereocenters. The van der Waals surface area contributed by atoms with Crippen LogP contribution in [-0.4, -0.2) is 59.2 Å². The highest BCUT2D eigenvalue weighted by Gasteiger charge is 2.89. The molecule has 5 fully saturated rings. The smallest absolute Gasteiger partial charge is 0.407 e. The molecule has 9 nitrogen and oxygen atoms in total. The molecule has 1 aliphatic heterocycles. The molecule has 3 N–H and O–H groups in total. The molecule has 0 aromatic rings. The highest BCUT2D eigenvalue weighted by Crippen LogP contribution is 2.91. The van der Waals surface area contributed by atoms with Gasteiger partial charge in [0.15, 0.2) is 0 Å². The zero-order valence-electron chi connectivity index (χ0n) is 24.6. The number of carboxylic acid groups (broad SMARTS) is 1. The highest BCUT2D eigenvalue weighted by atomic mass is 32.2. The summed E-state index contributed by atoms with van der Waals surface area (Å²) in [7, 11) is -3.87. The van der Waals surface area contributed by atoms with Gasteiger partial charge in [-0.3, -0.25) is 19.2 Å². The first-order valence-corrected chi connectivity index (χ1v) is 16.3. The van der Waals surface area contributed by atoms with Gasteiger partial charge in [-0.05, 0) is 73.0 Å². The van der Waals surface area contributed by atoms with Gasteiger partial charge in [0, 0.05) is 12.0 Å². The van der Waals surface area contributed by atoms with Crippen molar-refractivity contribution in [1.29, 1.82) is 0 Å². The number of carbonyl (C=O) groups is 3. The number of hydrogen-bond donors (Lipinski definition) is 3. The molecule has 3 amide bonds. The van der Waals surface area contributed by atoms with Crippen molar-refractivity contribution >= 4 is 27.9 Å². The number of carbonyl (C=O) groups excluding carboxylic acids is 2. The topological polar surface area (TPSA) is 133 Å². The van der Waals surface area contributed by atoms with Gasteiger partial charge in [-0.2, -0.15) is 0 Å². The van der Waals surface area contributed by atoms with Crippen LogP contribution in [0.2, 0.25) is 0 Å². The monoisotopic (exact) mass is 565 g/mol. The van der Waals surface area contributed by atoms with Gasteiger partial charge in [0.1, 0.15) is 11.6 Å². The molecule has 5 aliphatic rings. The van der Waals surface area contributed by atoms with Gasteiger partial charge in [-0.25, -0.2) is 13.2 Å². The summed E-state index contributed by atoms with van der Waals surface area (Å²) in [5, 5.41) is 13.1. The molecule has 0 bridgehead atoms. The first-order valence-electron chi connectivity index (χ1n) is 14.8. The van der Waals surface area contributed by atoms with Crippen molar-refractivity contribution in [2.45, 2.75) is 123 Å². The van der Waals surface area contributed by atoms with E-state index in [0.29, 0.717) is 57.4 Å². The van der Waals surface area contributed by atoms with E-state index in [9.17, 15) is 27.9 Å². The van der Waals surface area contributed by atoms with Crippen LogP contribution >= 0.6 is 0 Å². The fourth-order valence-electron chi connectivity index (χ4n) is 9.57. The first-order chi connectivity index (χ1) is 17.9. The fraction of sp³-hybridized carbons (Fsp3) is 0.897. The van der Waals surface area contributed by atoms with Gasteiger partial charge in [-0.1, -0.05) is 61.3 Å². The maximum absolute atomic E-state index is 13.8. The van der Waals surface area contributed by atoms with E-state index in [1.807, 2.05) is 13.8 Å². The van der Waals surface area contributed by atoms with Crippen LogP contribution in [0.4, 0.5) is 4.79 Å². The Bertz CT molecular complexity index is 1200. The zero-order chi connectivity index (χ0) is 29.0. The molecule has 220 valence electrons. The molecule has 2 spiro atoms. The Morgan fingerprint density at radius 3 is 2.13 bits per heavy atom. The van der Waals surface area contributed by atoms with Gasteiger partial charge < -0.3 is 10.4 Å². The van der Waals surface area contributed by atoms with Gasteiger partial charge in [0.05, 0.1) is 4.75 Å². The third kappa shape index (κ3) is 3.61. The predicted octanol–water partition coefficient (Wildman–Crippen LogP) is 4.27. The molecule has 1 heterocycles. The molecule has 1 saturated heterocycles. The minimum atomic E-state index is -3.87. The van der Waals surface area contributed by atoms with E-state index in [2.05, 4.69) is 44.7 Å². The van der Waals surface area contributed by atoms with E-state index < -0.39 is 44.3 Å². The van der Waals surface area contributed by atoms with Crippen molar-refractivity contribution in [2.75, 3.05) is 6.54 Å². The lowest BCUT2D eigenvalue weighted by atomic mass is 9.55. The number of amides is 3. The minimum absolute atomic E-state index is 0.00643. The SMILES string of the molecule is CCCC1(S(=O)(=O)NC(=O)[C@@]2(NC(=O)[C@@H]3C[C@@]4(CN3C(=O)O)C(C)(C)C43CCC3C(C)(C)C)C[C@H]2CC)CC1.